The topological polar surface area (TPSA) is 89.8 Å². The summed E-state index contributed by atoms with van der Waals surface area (Å²) < 4.78 is 15.9. The first-order valence-electron chi connectivity index (χ1n) is 10.7. The molecule has 0 fully saturated rings. The second-order valence-corrected chi connectivity index (χ2v) is 7.21. The predicted molar refractivity (Wildman–Crippen MR) is 128 cm³/mol. The highest BCUT2D eigenvalue weighted by atomic mass is 16.5. The van der Waals surface area contributed by atoms with Crippen molar-refractivity contribution in [3.8, 4) is 11.5 Å². The molecule has 0 atom stereocenters. The van der Waals surface area contributed by atoms with E-state index >= 15 is 0 Å². The maximum atomic E-state index is 13.3. The molecule has 1 heterocycles. The van der Waals surface area contributed by atoms with E-state index in [-0.39, 0.29) is 5.70 Å². The van der Waals surface area contributed by atoms with Gasteiger partial charge in [0.05, 0.1) is 20.5 Å². The van der Waals surface area contributed by atoms with Gasteiger partial charge in [-0.2, -0.15) is 0 Å². The van der Waals surface area contributed by atoms with Crippen LogP contribution in [0.3, 0.4) is 0 Å². The van der Waals surface area contributed by atoms with Crippen LogP contribution in [0.1, 0.15) is 41.1 Å². The Labute approximate surface area is 193 Å². The number of hydrogen-bond donors (Lipinski definition) is 2. The fourth-order valence-electron chi connectivity index (χ4n) is 3.43. The highest BCUT2D eigenvalue weighted by molar-refractivity contribution is 6.11. The zero-order chi connectivity index (χ0) is 23.8. The maximum Gasteiger partial charge on any atom is 0.272 e. The van der Waals surface area contributed by atoms with Crippen molar-refractivity contribution in [2.75, 3.05) is 19.5 Å². The van der Waals surface area contributed by atoms with Gasteiger partial charge in [-0.3, -0.25) is 9.59 Å². The first-order valence-corrected chi connectivity index (χ1v) is 10.7. The summed E-state index contributed by atoms with van der Waals surface area (Å²) in [5.41, 5.74) is 3.17. The van der Waals surface area contributed by atoms with Crippen LogP contribution in [0.25, 0.3) is 6.08 Å². The minimum absolute atomic E-state index is 0.0534. The molecule has 0 saturated carbocycles. The Morgan fingerprint density at radius 1 is 0.939 bits per heavy atom. The zero-order valence-electron chi connectivity index (χ0n) is 19.2. The van der Waals surface area contributed by atoms with Crippen LogP contribution < -0.4 is 20.1 Å². The zero-order valence-corrected chi connectivity index (χ0v) is 19.2. The monoisotopic (exact) mass is 448 g/mol. The average molecular weight is 449 g/mol. The van der Waals surface area contributed by atoms with Gasteiger partial charge >= 0.3 is 0 Å². The number of amides is 2. The molecule has 0 spiro atoms. The molecule has 7 heteroatoms. The van der Waals surface area contributed by atoms with E-state index in [1.165, 1.54) is 26.6 Å². The molecular formula is C26H28N2O5. The Kier molecular flexibility index (Phi) is 7.91. The third-order valence-electron chi connectivity index (χ3n) is 5.21. The molecule has 7 nitrogen and oxygen atoms in total. The number of rotatable bonds is 9. The van der Waals surface area contributed by atoms with Crippen molar-refractivity contribution < 1.29 is 23.5 Å². The molecule has 3 rings (SSSR count). The van der Waals surface area contributed by atoms with Crippen LogP contribution in [0.4, 0.5) is 5.69 Å². The smallest absolute Gasteiger partial charge is 0.272 e. The van der Waals surface area contributed by atoms with E-state index < -0.39 is 11.8 Å². The van der Waals surface area contributed by atoms with Gasteiger partial charge in [-0.1, -0.05) is 32.0 Å². The number of methoxy groups -OCH3 is 2. The molecule has 2 amide bonds. The maximum absolute atomic E-state index is 13.3. The second kappa shape index (κ2) is 11.0. The summed E-state index contributed by atoms with van der Waals surface area (Å²) in [4.78, 5) is 26.3. The number of aryl methyl sites for hydroxylation is 2. The van der Waals surface area contributed by atoms with Gasteiger partial charge in [0, 0.05) is 17.3 Å². The number of carbonyl (C=O) groups is 2. The third-order valence-corrected chi connectivity index (χ3v) is 5.21. The lowest BCUT2D eigenvalue weighted by molar-refractivity contribution is -0.113. The fraction of sp³-hybridized carbons (Fsp3) is 0.231. The molecular weight excluding hydrogens is 420 g/mol. The van der Waals surface area contributed by atoms with E-state index in [1.807, 2.05) is 32.0 Å². The van der Waals surface area contributed by atoms with E-state index in [1.54, 1.807) is 30.3 Å². The number of nitrogens with one attached hydrogen (secondary N) is 2. The van der Waals surface area contributed by atoms with Crippen molar-refractivity contribution in [3.05, 3.63) is 82.9 Å². The number of ether oxygens (including phenoxy) is 2. The quantitative estimate of drug-likeness (QED) is 0.458. The number of benzene rings is 2. The molecule has 33 heavy (non-hydrogen) atoms. The van der Waals surface area contributed by atoms with Gasteiger partial charge in [0.25, 0.3) is 11.8 Å². The summed E-state index contributed by atoms with van der Waals surface area (Å²) in [5, 5.41) is 5.69. The highest BCUT2D eigenvalue weighted by Crippen LogP contribution is 2.28. The highest BCUT2D eigenvalue weighted by Gasteiger charge is 2.19. The molecule has 3 aromatic rings. The van der Waals surface area contributed by atoms with E-state index in [4.69, 9.17) is 13.9 Å². The van der Waals surface area contributed by atoms with Gasteiger partial charge in [-0.15, -0.1) is 0 Å². The predicted octanol–water partition coefficient (Wildman–Crippen LogP) is 4.83. The second-order valence-electron chi connectivity index (χ2n) is 7.21. The van der Waals surface area contributed by atoms with E-state index in [2.05, 4.69) is 10.6 Å². The van der Waals surface area contributed by atoms with Gasteiger partial charge < -0.3 is 24.5 Å². The molecule has 0 unspecified atom stereocenters. The number of furan rings is 1. The van der Waals surface area contributed by atoms with Crippen LogP contribution in [0.5, 0.6) is 11.5 Å². The van der Waals surface area contributed by atoms with E-state index in [9.17, 15) is 9.59 Å². The molecule has 2 aromatic carbocycles. The Bertz CT molecular complexity index is 1130. The lowest BCUT2D eigenvalue weighted by Gasteiger charge is -2.16. The van der Waals surface area contributed by atoms with Crippen molar-refractivity contribution in [1.82, 2.24) is 5.32 Å². The van der Waals surface area contributed by atoms with Crippen LogP contribution in [-0.2, 0) is 17.6 Å². The molecule has 0 aliphatic rings. The van der Waals surface area contributed by atoms with Gasteiger partial charge in [0.1, 0.15) is 11.5 Å². The Morgan fingerprint density at radius 3 is 2.21 bits per heavy atom. The van der Waals surface area contributed by atoms with Gasteiger partial charge in [-0.05, 0) is 54.3 Å². The molecule has 1 aromatic heterocycles. The summed E-state index contributed by atoms with van der Waals surface area (Å²) in [6, 6.07) is 14.1. The van der Waals surface area contributed by atoms with Gasteiger partial charge in [0.2, 0.25) is 0 Å². The average Bonchev–Trinajstić information content (AvgIpc) is 3.36. The number of para-hydroxylation sites is 1. The molecule has 0 radical (unpaired) electrons. The van der Waals surface area contributed by atoms with Crippen LogP contribution in [-0.4, -0.2) is 26.0 Å². The Balaban J connectivity index is 1.92. The third kappa shape index (κ3) is 5.63. The van der Waals surface area contributed by atoms with Crippen molar-refractivity contribution >= 4 is 23.6 Å². The molecule has 2 N–H and O–H groups in total. The lowest BCUT2D eigenvalue weighted by atomic mass is 10.0. The molecule has 0 bridgehead atoms. The minimum atomic E-state index is -0.469. The summed E-state index contributed by atoms with van der Waals surface area (Å²) in [6.45, 7) is 4.06. The van der Waals surface area contributed by atoms with Crippen LogP contribution in [0.2, 0.25) is 0 Å². The number of hydrogen-bond acceptors (Lipinski definition) is 5. The fourth-order valence-corrected chi connectivity index (χ4v) is 3.43. The summed E-state index contributed by atoms with van der Waals surface area (Å²) in [6.07, 6.45) is 4.52. The van der Waals surface area contributed by atoms with E-state index in [0.717, 1.165) is 29.7 Å². The first-order chi connectivity index (χ1) is 16.0. The number of anilines is 1. The minimum Gasteiger partial charge on any atom is -0.493 e. The molecule has 0 aliphatic carbocycles. The molecule has 0 aliphatic heterocycles. The molecule has 172 valence electrons. The van der Waals surface area contributed by atoms with Gasteiger partial charge in [-0.25, -0.2) is 0 Å². The first kappa shape index (κ1) is 23.7. The summed E-state index contributed by atoms with van der Waals surface area (Å²) in [5.74, 6) is 0.434. The standard InChI is InChI=1S/C26H28N2O5/c1-5-17-9-7-10-18(6-2)24(17)28-26(30)21(16-20-11-8-14-33-20)27-25(29)19-12-13-22(31-3)23(15-19)32-4/h7-16H,5-6H2,1-4H3,(H,27,29)(H,28,30)/b21-16-. The Morgan fingerprint density at radius 2 is 1.64 bits per heavy atom. The van der Waals surface area contributed by atoms with Crippen molar-refractivity contribution in [1.29, 1.82) is 0 Å². The summed E-state index contributed by atoms with van der Waals surface area (Å²) >= 11 is 0. The summed E-state index contributed by atoms with van der Waals surface area (Å²) in [7, 11) is 3.01. The van der Waals surface area contributed by atoms with Crippen molar-refractivity contribution in [2.24, 2.45) is 0 Å². The van der Waals surface area contributed by atoms with Crippen LogP contribution in [0, 0.1) is 0 Å². The van der Waals surface area contributed by atoms with E-state index in [0.29, 0.717) is 22.8 Å². The SMILES string of the molecule is CCc1cccc(CC)c1NC(=O)/C(=C/c1ccco1)NC(=O)c1ccc(OC)c(OC)c1. The van der Waals surface area contributed by atoms with Crippen LogP contribution >= 0.6 is 0 Å². The van der Waals surface area contributed by atoms with Gasteiger partial charge in [0.15, 0.2) is 11.5 Å². The number of carbonyl (C=O) groups excluding carboxylic acids is 2. The molecule has 0 saturated heterocycles. The Hall–Kier alpha value is -4.00. The largest absolute Gasteiger partial charge is 0.493 e. The lowest BCUT2D eigenvalue weighted by Crippen LogP contribution is -2.31. The van der Waals surface area contributed by atoms with Crippen molar-refractivity contribution in [3.63, 3.8) is 0 Å². The normalized spacial score (nSPS) is 11.1. The van der Waals surface area contributed by atoms with Crippen LogP contribution in [0.15, 0.2) is 64.9 Å². The van der Waals surface area contributed by atoms with Crippen molar-refractivity contribution in [2.45, 2.75) is 26.7 Å².